The normalized spacial score (nSPS) is 19.4. The number of nitrogens with one attached hydrogen (secondary N) is 1. The van der Waals surface area contributed by atoms with E-state index in [-0.39, 0.29) is 34.6 Å². The van der Waals surface area contributed by atoms with Crippen molar-refractivity contribution in [2.24, 2.45) is 11.8 Å². The van der Waals surface area contributed by atoms with Crippen LogP contribution in [-0.4, -0.2) is 41.3 Å². The van der Waals surface area contributed by atoms with Crippen LogP contribution >= 0.6 is 11.3 Å². The molecule has 34 heavy (non-hydrogen) atoms. The molecule has 2 aromatic heterocycles. The summed E-state index contributed by atoms with van der Waals surface area (Å²) in [5.41, 5.74) is 1.26. The van der Waals surface area contributed by atoms with E-state index in [0.29, 0.717) is 28.5 Å². The van der Waals surface area contributed by atoms with E-state index in [1.807, 2.05) is 38.1 Å². The van der Waals surface area contributed by atoms with Crippen molar-refractivity contribution in [3.8, 4) is 0 Å². The lowest BCUT2D eigenvalue weighted by atomic mass is 9.94. The minimum Gasteiger partial charge on any atom is -0.325 e. The molecule has 8 nitrogen and oxygen atoms in total. The first-order chi connectivity index (χ1) is 16.1. The van der Waals surface area contributed by atoms with Crippen LogP contribution in [0.3, 0.4) is 0 Å². The number of amides is 1. The number of sulfonamides is 1. The zero-order chi connectivity index (χ0) is 24.6. The Labute approximate surface area is 203 Å². The standard InChI is InChI=1S/C24H30N4O4S2/c1-5-18-6-8-19(9-7-18)26-20(29)13-27-14-25-23-21(24(27)30)22(17(4)33-23)34(31,32)28-11-15(2)10-16(3)12-28/h6-9,14-16H,5,10-13H2,1-4H3,(H,26,29)/t15-,16-/m0/s1. The molecular weight excluding hydrogens is 472 g/mol. The Bertz CT molecular complexity index is 1370. The SMILES string of the molecule is CCc1ccc(NC(=O)Cn2cnc3sc(C)c(S(=O)(=O)N4C[C@@H](C)C[C@H](C)C4)c3c2=O)cc1. The number of hydrogen-bond acceptors (Lipinski definition) is 6. The van der Waals surface area contributed by atoms with Crippen molar-refractivity contribution in [3.63, 3.8) is 0 Å². The second-order valence-electron chi connectivity index (χ2n) is 9.21. The fourth-order valence-corrected chi connectivity index (χ4v) is 7.99. The van der Waals surface area contributed by atoms with Gasteiger partial charge in [0.2, 0.25) is 15.9 Å². The van der Waals surface area contributed by atoms with Crippen molar-refractivity contribution < 1.29 is 13.2 Å². The van der Waals surface area contributed by atoms with Crippen molar-refractivity contribution in [1.82, 2.24) is 13.9 Å². The molecule has 1 aromatic carbocycles. The molecule has 0 spiro atoms. The van der Waals surface area contributed by atoms with Gasteiger partial charge >= 0.3 is 0 Å². The number of aryl methyl sites for hydroxylation is 2. The van der Waals surface area contributed by atoms with Crippen molar-refractivity contribution in [1.29, 1.82) is 0 Å². The van der Waals surface area contributed by atoms with Gasteiger partial charge in [-0.25, -0.2) is 13.4 Å². The number of aromatic nitrogens is 2. The van der Waals surface area contributed by atoms with Crippen LogP contribution in [0.5, 0.6) is 0 Å². The Hall–Kier alpha value is -2.56. The zero-order valence-corrected chi connectivity index (χ0v) is 21.5. The highest BCUT2D eigenvalue weighted by Crippen LogP contribution is 2.35. The number of carbonyl (C=O) groups is 1. The molecule has 182 valence electrons. The van der Waals surface area contributed by atoms with E-state index in [4.69, 9.17) is 0 Å². The molecule has 0 saturated carbocycles. The smallest absolute Gasteiger partial charge is 0.263 e. The van der Waals surface area contributed by atoms with E-state index in [1.54, 1.807) is 6.92 Å². The van der Waals surface area contributed by atoms with Gasteiger partial charge in [-0.05, 0) is 49.3 Å². The predicted octanol–water partition coefficient (Wildman–Crippen LogP) is 3.63. The quantitative estimate of drug-likeness (QED) is 0.555. The second-order valence-corrected chi connectivity index (χ2v) is 12.3. The third-order valence-electron chi connectivity index (χ3n) is 6.19. The summed E-state index contributed by atoms with van der Waals surface area (Å²) in [4.78, 5) is 31.2. The Balaban J connectivity index is 1.66. The lowest BCUT2D eigenvalue weighted by molar-refractivity contribution is -0.116. The van der Waals surface area contributed by atoms with Crippen LogP contribution in [0.25, 0.3) is 10.2 Å². The molecule has 10 heteroatoms. The van der Waals surface area contributed by atoms with Crippen LogP contribution in [-0.2, 0) is 27.8 Å². The molecule has 1 N–H and O–H groups in total. The van der Waals surface area contributed by atoms with Crippen molar-refractivity contribution in [2.75, 3.05) is 18.4 Å². The van der Waals surface area contributed by atoms with Gasteiger partial charge in [0, 0.05) is 23.7 Å². The fourth-order valence-electron chi connectivity index (χ4n) is 4.65. The molecule has 4 rings (SSSR count). The molecule has 2 atom stereocenters. The zero-order valence-electron chi connectivity index (χ0n) is 19.9. The summed E-state index contributed by atoms with van der Waals surface area (Å²) in [6.45, 7) is 8.43. The van der Waals surface area contributed by atoms with Crippen LogP contribution in [0.1, 0.15) is 37.6 Å². The van der Waals surface area contributed by atoms with Crippen LogP contribution < -0.4 is 10.9 Å². The number of thiophene rings is 1. The van der Waals surface area contributed by atoms with Crippen molar-refractivity contribution >= 4 is 43.2 Å². The molecule has 1 aliphatic heterocycles. The van der Waals surface area contributed by atoms with Crippen LogP contribution in [0.2, 0.25) is 0 Å². The highest BCUT2D eigenvalue weighted by atomic mass is 32.2. The summed E-state index contributed by atoms with van der Waals surface area (Å²) < 4.78 is 29.9. The number of anilines is 1. The molecule has 0 aliphatic carbocycles. The summed E-state index contributed by atoms with van der Waals surface area (Å²) in [6, 6.07) is 7.49. The second kappa shape index (κ2) is 9.59. The summed E-state index contributed by atoms with van der Waals surface area (Å²) in [6.07, 6.45) is 3.18. The first kappa shape index (κ1) is 24.6. The van der Waals surface area contributed by atoms with Crippen molar-refractivity contribution in [2.45, 2.75) is 52.0 Å². The molecule has 1 fully saturated rings. The summed E-state index contributed by atoms with van der Waals surface area (Å²) >= 11 is 1.19. The average molecular weight is 503 g/mol. The first-order valence-corrected chi connectivity index (χ1v) is 13.7. The Morgan fingerprint density at radius 3 is 2.44 bits per heavy atom. The molecule has 1 amide bonds. The van der Waals surface area contributed by atoms with E-state index in [2.05, 4.69) is 17.2 Å². The van der Waals surface area contributed by atoms with Gasteiger partial charge in [0.05, 0.1) is 11.7 Å². The number of hydrogen-bond donors (Lipinski definition) is 1. The van der Waals surface area contributed by atoms with Crippen LogP contribution in [0.15, 0.2) is 40.3 Å². The van der Waals surface area contributed by atoms with E-state index in [1.165, 1.54) is 26.5 Å². The summed E-state index contributed by atoms with van der Waals surface area (Å²) in [7, 11) is -3.87. The van der Waals surface area contributed by atoms with Gasteiger partial charge < -0.3 is 5.32 Å². The molecule has 0 radical (unpaired) electrons. The largest absolute Gasteiger partial charge is 0.325 e. The van der Waals surface area contributed by atoms with Gasteiger partial charge in [-0.2, -0.15) is 4.31 Å². The van der Waals surface area contributed by atoms with Gasteiger partial charge in [0.15, 0.2) is 0 Å². The van der Waals surface area contributed by atoms with E-state index >= 15 is 0 Å². The highest BCUT2D eigenvalue weighted by molar-refractivity contribution is 7.89. The third-order valence-corrected chi connectivity index (χ3v) is 9.34. The lowest BCUT2D eigenvalue weighted by Gasteiger charge is -2.34. The highest BCUT2D eigenvalue weighted by Gasteiger charge is 2.35. The lowest BCUT2D eigenvalue weighted by Crippen LogP contribution is -2.42. The van der Waals surface area contributed by atoms with Crippen LogP contribution in [0, 0.1) is 18.8 Å². The Morgan fingerprint density at radius 2 is 1.82 bits per heavy atom. The maximum absolute atomic E-state index is 13.6. The molecule has 3 aromatic rings. The number of benzene rings is 1. The van der Waals surface area contributed by atoms with E-state index in [9.17, 15) is 18.0 Å². The minimum absolute atomic E-state index is 0.0243. The summed E-state index contributed by atoms with van der Waals surface area (Å²) in [5.74, 6) is 0.102. The summed E-state index contributed by atoms with van der Waals surface area (Å²) in [5, 5.41) is 2.84. The molecular formula is C24H30N4O4S2. The monoisotopic (exact) mass is 502 g/mol. The number of nitrogens with zero attached hydrogens (tertiary/aromatic N) is 3. The Morgan fingerprint density at radius 1 is 1.18 bits per heavy atom. The molecule has 1 aliphatic rings. The Kier molecular flexibility index (Phi) is 6.93. The number of carbonyl (C=O) groups excluding carboxylic acids is 1. The topological polar surface area (TPSA) is 101 Å². The number of fused-ring (bicyclic) bond motifs is 1. The molecule has 3 heterocycles. The van der Waals surface area contributed by atoms with Gasteiger partial charge in [0.25, 0.3) is 5.56 Å². The minimum atomic E-state index is -3.87. The van der Waals surface area contributed by atoms with Gasteiger partial charge in [-0.1, -0.05) is 32.9 Å². The molecule has 0 bridgehead atoms. The van der Waals surface area contributed by atoms with E-state index < -0.39 is 15.6 Å². The van der Waals surface area contributed by atoms with Crippen molar-refractivity contribution in [3.05, 3.63) is 51.4 Å². The van der Waals surface area contributed by atoms with Gasteiger partial charge in [0.1, 0.15) is 16.3 Å². The number of piperidine rings is 1. The predicted molar refractivity (Wildman–Crippen MR) is 135 cm³/mol. The average Bonchev–Trinajstić information content (AvgIpc) is 3.13. The van der Waals surface area contributed by atoms with Gasteiger partial charge in [-0.3, -0.25) is 14.2 Å². The first-order valence-electron chi connectivity index (χ1n) is 11.5. The molecule has 1 saturated heterocycles. The fraction of sp³-hybridized carbons (Fsp3) is 0.458. The maximum atomic E-state index is 13.6. The van der Waals surface area contributed by atoms with E-state index in [0.717, 1.165) is 18.4 Å². The maximum Gasteiger partial charge on any atom is 0.263 e. The van der Waals surface area contributed by atoms with Gasteiger partial charge in [-0.15, -0.1) is 11.3 Å². The number of rotatable bonds is 6. The molecule has 0 unspecified atom stereocenters. The third kappa shape index (κ3) is 4.80. The van der Waals surface area contributed by atoms with Crippen LogP contribution in [0.4, 0.5) is 5.69 Å².